The molecule has 0 amide bonds. The van der Waals surface area contributed by atoms with Gasteiger partial charge in [0.1, 0.15) is 0 Å². The van der Waals surface area contributed by atoms with Gasteiger partial charge in [-0.3, -0.25) is 9.89 Å². The van der Waals surface area contributed by atoms with Crippen molar-refractivity contribution >= 4 is 29.9 Å². The molecule has 0 unspecified atom stereocenters. The number of rotatable bonds is 6. The van der Waals surface area contributed by atoms with E-state index in [1.54, 1.807) is 0 Å². The lowest BCUT2D eigenvalue weighted by Gasteiger charge is -2.29. The Morgan fingerprint density at radius 3 is 2.74 bits per heavy atom. The summed E-state index contributed by atoms with van der Waals surface area (Å²) >= 11 is 0. The zero-order valence-corrected chi connectivity index (χ0v) is 17.0. The molecule has 0 atom stereocenters. The van der Waals surface area contributed by atoms with E-state index in [-0.39, 0.29) is 24.0 Å². The Bertz CT molecular complexity index is 490. The number of guanidine groups is 1. The number of aliphatic imine (C=N–C) groups is 1. The number of fused-ring (bicyclic) bond motifs is 1. The maximum atomic E-state index is 4.37. The lowest BCUT2D eigenvalue weighted by Crippen LogP contribution is -2.43. The molecule has 1 aliphatic rings. The topological polar surface area (TPSA) is 30.9 Å². The Labute approximate surface area is 158 Å². The van der Waals surface area contributed by atoms with Crippen molar-refractivity contribution in [2.75, 3.05) is 40.3 Å². The number of unbranched alkanes of at least 4 members (excludes halogenated alkanes) is 1. The summed E-state index contributed by atoms with van der Waals surface area (Å²) in [5, 5.41) is 3.48. The first-order valence-corrected chi connectivity index (χ1v) is 8.45. The van der Waals surface area contributed by atoms with Crippen molar-refractivity contribution in [1.29, 1.82) is 0 Å². The molecule has 5 heteroatoms. The van der Waals surface area contributed by atoms with Gasteiger partial charge < -0.3 is 10.2 Å². The van der Waals surface area contributed by atoms with Crippen molar-refractivity contribution < 1.29 is 0 Å². The minimum atomic E-state index is 0. The van der Waals surface area contributed by atoms with E-state index in [1.807, 2.05) is 7.05 Å². The number of benzene rings is 1. The van der Waals surface area contributed by atoms with E-state index in [0.717, 1.165) is 38.7 Å². The fourth-order valence-corrected chi connectivity index (χ4v) is 2.96. The van der Waals surface area contributed by atoms with Crippen LogP contribution in [0.15, 0.2) is 29.3 Å². The molecule has 0 aliphatic carbocycles. The van der Waals surface area contributed by atoms with Gasteiger partial charge in [0.2, 0.25) is 0 Å². The molecule has 1 N–H and O–H groups in total. The molecule has 0 bridgehead atoms. The van der Waals surface area contributed by atoms with Gasteiger partial charge >= 0.3 is 0 Å². The van der Waals surface area contributed by atoms with Crippen LogP contribution < -0.4 is 5.32 Å². The van der Waals surface area contributed by atoms with Crippen LogP contribution in [0.2, 0.25) is 0 Å². The zero-order chi connectivity index (χ0) is 15.8. The van der Waals surface area contributed by atoms with Gasteiger partial charge in [-0.25, -0.2) is 0 Å². The van der Waals surface area contributed by atoms with Crippen LogP contribution >= 0.6 is 24.0 Å². The Morgan fingerprint density at radius 1 is 1.30 bits per heavy atom. The van der Waals surface area contributed by atoms with Crippen LogP contribution in [0.3, 0.4) is 0 Å². The third kappa shape index (κ3) is 6.30. The second-order valence-electron chi connectivity index (χ2n) is 6.04. The van der Waals surface area contributed by atoms with E-state index < -0.39 is 0 Å². The molecular weight excluding hydrogens is 399 g/mol. The number of nitrogens with zero attached hydrogens (tertiary/aromatic N) is 3. The normalized spacial score (nSPS) is 14.8. The van der Waals surface area contributed by atoms with Crippen molar-refractivity contribution in [3.63, 3.8) is 0 Å². The van der Waals surface area contributed by atoms with E-state index in [0.29, 0.717) is 0 Å². The lowest BCUT2D eigenvalue weighted by molar-refractivity contribution is 0.257. The molecule has 0 fully saturated rings. The van der Waals surface area contributed by atoms with Gasteiger partial charge in [-0.15, -0.1) is 24.0 Å². The highest BCUT2D eigenvalue weighted by Gasteiger charge is 2.15. The predicted molar refractivity (Wildman–Crippen MR) is 110 cm³/mol. The van der Waals surface area contributed by atoms with Gasteiger partial charge in [0, 0.05) is 46.8 Å². The summed E-state index contributed by atoms with van der Waals surface area (Å²) in [6, 6.07) is 8.80. The average Bonchev–Trinajstić information content (AvgIpc) is 2.56. The molecule has 130 valence electrons. The van der Waals surface area contributed by atoms with Crippen molar-refractivity contribution in [2.45, 2.75) is 32.7 Å². The minimum Gasteiger partial charge on any atom is -0.355 e. The summed E-state index contributed by atoms with van der Waals surface area (Å²) in [7, 11) is 3.98. The van der Waals surface area contributed by atoms with Crippen LogP contribution in [0.4, 0.5) is 0 Å². The quantitative estimate of drug-likeness (QED) is 0.428. The van der Waals surface area contributed by atoms with Crippen LogP contribution in [0.1, 0.15) is 30.9 Å². The maximum Gasteiger partial charge on any atom is 0.193 e. The third-order valence-electron chi connectivity index (χ3n) is 4.34. The van der Waals surface area contributed by atoms with Gasteiger partial charge in [0.25, 0.3) is 0 Å². The molecular formula is C18H31IN4. The largest absolute Gasteiger partial charge is 0.355 e. The zero-order valence-electron chi connectivity index (χ0n) is 14.7. The van der Waals surface area contributed by atoms with Gasteiger partial charge in [-0.05, 0) is 24.0 Å². The average molecular weight is 430 g/mol. The number of hydrogen-bond donors (Lipinski definition) is 1. The molecule has 1 aromatic rings. The van der Waals surface area contributed by atoms with Gasteiger partial charge in [-0.2, -0.15) is 0 Å². The second-order valence-corrected chi connectivity index (χ2v) is 6.04. The van der Waals surface area contributed by atoms with E-state index in [4.69, 9.17) is 0 Å². The minimum absolute atomic E-state index is 0. The first kappa shape index (κ1) is 20.2. The third-order valence-corrected chi connectivity index (χ3v) is 4.34. The molecule has 23 heavy (non-hydrogen) atoms. The van der Waals surface area contributed by atoms with Crippen LogP contribution in [-0.2, 0) is 13.0 Å². The molecule has 0 saturated carbocycles. The van der Waals surface area contributed by atoms with E-state index >= 15 is 0 Å². The van der Waals surface area contributed by atoms with E-state index in [2.05, 4.69) is 58.3 Å². The summed E-state index contributed by atoms with van der Waals surface area (Å²) in [6.45, 7) is 7.52. The first-order valence-electron chi connectivity index (χ1n) is 8.45. The van der Waals surface area contributed by atoms with E-state index in [9.17, 15) is 0 Å². The van der Waals surface area contributed by atoms with Crippen LogP contribution in [0.5, 0.6) is 0 Å². The summed E-state index contributed by atoms with van der Waals surface area (Å²) < 4.78 is 0. The Balaban J connectivity index is 0.00000264. The molecule has 0 spiro atoms. The predicted octanol–water partition coefficient (Wildman–Crippen LogP) is 2.97. The van der Waals surface area contributed by atoms with Crippen LogP contribution in [-0.4, -0.2) is 56.0 Å². The number of nitrogens with one attached hydrogen (secondary N) is 1. The van der Waals surface area contributed by atoms with Gasteiger partial charge in [0.05, 0.1) is 0 Å². The van der Waals surface area contributed by atoms with Crippen molar-refractivity contribution in [3.8, 4) is 0 Å². The van der Waals surface area contributed by atoms with E-state index in [1.165, 1.54) is 30.4 Å². The highest BCUT2D eigenvalue weighted by Crippen LogP contribution is 2.17. The smallest absolute Gasteiger partial charge is 0.193 e. The number of halogens is 1. The maximum absolute atomic E-state index is 4.37. The standard InChI is InChI=1S/C18H30N4.HI/c1-4-5-12-21(3)18(19-2)20-11-14-22-13-10-16-8-6-7-9-17(16)15-22;/h6-9H,4-5,10-15H2,1-3H3,(H,19,20);1H. The molecule has 0 aromatic heterocycles. The molecule has 2 rings (SSSR count). The Kier molecular flexibility index (Phi) is 9.55. The molecule has 1 heterocycles. The molecule has 4 nitrogen and oxygen atoms in total. The molecule has 0 radical (unpaired) electrons. The highest BCUT2D eigenvalue weighted by molar-refractivity contribution is 14.0. The van der Waals surface area contributed by atoms with Crippen molar-refractivity contribution in [3.05, 3.63) is 35.4 Å². The van der Waals surface area contributed by atoms with Crippen LogP contribution in [0, 0.1) is 0 Å². The molecule has 1 aliphatic heterocycles. The summed E-state index contributed by atoms with van der Waals surface area (Å²) in [6.07, 6.45) is 3.59. The first-order chi connectivity index (χ1) is 10.7. The SMILES string of the molecule is CCCCN(C)C(=NC)NCCN1CCc2ccccc2C1.I. The Morgan fingerprint density at radius 2 is 2.04 bits per heavy atom. The highest BCUT2D eigenvalue weighted by atomic mass is 127. The van der Waals surface area contributed by atoms with Crippen molar-refractivity contribution in [1.82, 2.24) is 15.1 Å². The molecule has 0 saturated heterocycles. The summed E-state index contributed by atoms with van der Waals surface area (Å²) in [5.41, 5.74) is 3.00. The molecule has 1 aromatic carbocycles. The fraction of sp³-hybridized carbons (Fsp3) is 0.611. The van der Waals surface area contributed by atoms with Crippen molar-refractivity contribution in [2.24, 2.45) is 4.99 Å². The summed E-state index contributed by atoms with van der Waals surface area (Å²) in [5.74, 6) is 1.01. The number of hydrogen-bond acceptors (Lipinski definition) is 2. The fourth-order valence-electron chi connectivity index (χ4n) is 2.96. The monoisotopic (exact) mass is 430 g/mol. The van der Waals surface area contributed by atoms with Gasteiger partial charge in [-0.1, -0.05) is 37.6 Å². The lowest BCUT2D eigenvalue weighted by atomic mass is 10.00. The van der Waals surface area contributed by atoms with Crippen LogP contribution in [0.25, 0.3) is 0 Å². The summed E-state index contributed by atoms with van der Waals surface area (Å²) in [4.78, 5) is 9.11. The van der Waals surface area contributed by atoms with Gasteiger partial charge in [0.15, 0.2) is 5.96 Å². The second kappa shape index (κ2) is 10.9. The Hall–Kier alpha value is -0.820.